The van der Waals surface area contributed by atoms with Gasteiger partial charge in [-0.25, -0.2) is 9.59 Å². The van der Waals surface area contributed by atoms with Crippen molar-refractivity contribution in [2.45, 2.75) is 24.4 Å². The summed E-state index contributed by atoms with van der Waals surface area (Å²) in [4.78, 5) is 19.5. The first-order valence-electron chi connectivity index (χ1n) is 9.99. The van der Waals surface area contributed by atoms with Crippen molar-refractivity contribution in [2.75, 3.05) is 27.2 Å². The molecule has 0 aromatic heterocycles. The second-order valence-corrected chi connectivity index (χ2v) is 6.90. The number of aromatic hydroxyl groups is 2. The third-order valence-corrected chi connectivity index (χ3v) is 4.16. The SMILES string of the molecule is CNCC(O)c1ccc(O)cc1.CNCC(O)c1ccc(O)cc1.O=C(O)[C@H](O)[C@@H](O)C(=O)O. The zero-order valence-corrected chi connectivity index (χ0v) is 18.7. The van der Waals surface area contributed by atoms with E-state index in [2.05, 4.69) is 10.6 Å². The van der Waals surface area contributed by atoms with Crippen LogP contribution in [0.15, 0.2) is 48.5 Å². The largest absolute Gasteiger partial charge is 0.508 e. The summed E-state index contributed by atoms with van der Waals surface area (Å²) in [7, 11) is 3.56. The molecule has 34 heavy (non-hydrogen) atoms. The van der Waals surface area contributed by atoms with Crippen LogP contribution in [0.3, 0.4) is 0 Å². The number of aliphatic hydroxyl groups is 4. The number of hydrogen-bond acceptors (Lipinski definition) is 10. The number of nitrogens with one attached hydrogen (secondary N) is 2. The first kappa shape index (κ1) is 30.7. The highest BCUT2D eigenvalue weighted by Gasteiger charge is 2.29. The Kier molecular flexibility index (Phi) is 14.8. The number of phenols is 2. The second kappa shape index (κ2) is 16.4. The van der Waals surface area contributed by atoms with Gasteiger partial charge in [0.2, 0.25) is 0 Å². The number of aliphatic hydroxyl groups excluding tert-OH is 4. The molecule has 12 heteroatoms. The van der Waals surface area contributed by atoms with Crippen molar-refractivity contribution in [3.8, 4) is 11.5 Å². The Morgan fingerprint density at radius 1 is 0.647 bits per heavy atom. The fourth-order valence-electron chi connectivity index (χ4n) is 2.29. The lowest BCUT2D eigenvalue weighted by Crippen LogP contribution is -2.39. The van der Waals surface area contributed by atoms with E-state index in [9.17, 15) is 19.8 Å². The molecular formula is C22H32N2O10. The number of carboxylic acid groups (broad SMARTS) is 2. The zero-order valence-electron chi connectivity index (χ0n) is 18.7. The maximum atomic E-state index is 9.77. The van der Waals surface area contributed by atoms with Crippen molar-refractivity contribution >= 4 is 11.9 Å². The molecule has 0 aliphatic heterocycles. The van der Waals surface area contributed by atoms with Gasteiger partial charge in [0.25, 0.3) is 0 Å². The molecule has 0 bridgehead atoms. The summed E-state index contributed by atoms with van der Waals surface area (Å²) in [6.07, 6.45) is -5.54. The van der Waals surface area contributed by atoms with Crippen molar-refractivity contribution in [2.24, 2.45) is 0 Å². The third-order valence-electron chi connectivity index (χ3n) is 4.16. The Balaban J connectivity index is 0.000000484. The molecule has 0 radical (unpaired) electrons. The van der Waals surface area contributed by atoms with E-state index in [4.69, 9.17) is 30.6 Å². The van der Waals surface area contributed by atoms with Gasteiger partial charge in [-0.1, -0.05) is 24.3 Å². The van der Waals surface area contributed by atoms with Gasteiger partial charge in [0, 0.05) is 13.1 Å². The van der Waals surface area contributed by atoms with E-state index in [0.717, 1.165) is 11.1 Å². The molecule has 0 saturated carbocycles. The number of carbonyl (C=O) groups is 2. The van der Waals surface area contributed by atoms with Crippen LogP contribution in [0.25, 0.3) is 0 Å². The van der Waals surface area contributed by atoms with Crippen LogP contribution in [0.4, 0.5) is 0 Å². The maximum Gasteiger partial charge on any atom is 0.335 e. The van der Waals surface area contributed by atoms with Crippen LogP contribution in [0.1, 0.15) is 23.3 Å². The van der Waals surface area contributed by atoms with Crippen LogP contribution in [0, 0.1) is 0 Å². The minimum Gasteiger partial charge on any atom is -0.508 e. The molecule has 2 aromatic carbocycles. The number of hydrogen-bond donors (Lipinski definition) is 10. The number of benzene rings is 2. The standard InChI is InChI=1S/2C9H13NO2.C4H6O6/c2*1-10-6-9(12)7-2-4-8(11)5-3-7;5-1(3(7)8)2(6)4(9)10/h2*2-5,9-12H,6H2,1H3;1-2,5-6H,(H,7,8)(H,9,10)/t;;1-,2-/m..1/s1. The molecule has 2 unspecified atom stereocenters. The molecule has 10 N–H and O–H groups in total. The smallest absolute Gasteiger partial charge is 0.335 e. The molecule has 2 rings (SSSR count). The molecule has 0 spiro atoms. The van der Waals surface area contributed by atoms with E-state index in [1.54, 1.807) is 62.6 Å². The number of aliphatic carboxylic acids is 2. The summed E-state index contributed by atoms with van der Waals surface area (Å²) in [5, 5.41) is 75.1. The number of likely N-dealkylation sites (N-methyl/N-ethyl adjacent to an activating group) is 2. The number of rotatable bonds is 9. The molecule has 0 aliphatic carbocycles. The molecule has 12 nitrogen and oxygen atoms in total. The fraction of sp³-hybridized carbons (Fsp3) is 0.364. The van der Waals surface area contributed by atoms with Gasteiger partial charge in [0.1, 0.15) is 11.5 Å². The van der Waals surface area contributed by atoms with Gasteiger partial charge >= 0.3 is 11.9 Å². The predicted octanol–water partition coefficient (Wildman–Crippen LogP) is -0.833. The van der Waals surface area contributed by atoms with E-state index in [0.29, 0.717) is 13.1 Å². The topological polar surface area (TPSA) is 220 Å². The maximum absolute atomic E-state index is 9.77. The summed E-state index contributed by atoms with van der Waals surface area (Å²) >= 11 is 0. The van der Waals surface area contributed by atoms with Crippen LogP contribution >= 0.6 is 0 Å². The highest BCUT2D eigenvalue weighted by Crippen LogP contribution is 2.16. The Morgan fingerprint density at radius 2 is 0.912 bits per heavy atom. The van der Waals surface area contributed by atoms with Crippen molar-refractivity contribution in [3.05, 3.63) is 59.7 Å². The second-order valence-electron chi connectivity index (χ2n) is 6.90. The highest BCUT2D eigenvalue weighted by molar-refractivity contribution is 5.83. The van der Waals surface area contributed by atoms with Gasteiger partial charge in [-0.2, -0.15) is 0 Å². The molecule has 2 aromatic rings. The Morgan fingerprint density at radius 3 is 1.12 bits per heavy atom. The normalized spacial score (nSPS) is 13.7. The molecular weight excluding hydrogens is 452 g/mol. The molecule has 0 aliphatic rings. The summed E-state index contributed by atoms with van der Waals surface area (Å²) < 4.78 is 0. The van der Waals surface area contributed by atoms with E-state index in [1.165, 1.54) is 0 Å². The quantitative estimate of drug-likeness (QED) is 0.211. The highest BCUT2D eigenvalue weighted by atomic mass is 16.4. The molecule has 190 valence electrons. The molecule has 0 saturated heterocycles. The summed E-state index contributed by atoms with van der Waals surface area (Å²) in [6, 6.07) is 13.1. The molecule has 0 amide bonds. The lowest BCUT2D eigenvalue weighted by molar-refractivity contribution is -0.165. The monoisotopic (exact) mass is 484 g/mol. The number of phenolic OH excluding ortho intramolecular Hbond substituents is 2. The summed E-state index contributed by atoms with van der Waals surface area (Å²) in [5.74, 6) is -3.10. The van der Waals surface area contributed by atoms with Crippen LogP contribution in [0.5, 0.6) is 11.5 Å². The Labute approximate surface area is 196 Å². The molecule has 0 heterocycles. The van der Waals surface area contributed by atoms with Crippen molar-refractivity contribution in [1.82, 2.24) is 10.6 Å². The Hall–Kier alpha value is -3.26. The van der Waals surface area contributed by atoms with Gasteiger partial charge in [-0.05, 0) is 49.5 Å². The fourth-order valence-corrected chi connectivity index (χ4v) is 2.29. The first-order valence-corrected chi connectivity index (χ1v) is 9.99. The van der Waals surface area contributed by atoms with Crippen molar-refractivity contribution in [1.29, 1.82) is 0 Å². The molecule has 4 atom stereocenters. The van der Waals surface area contributed by atoms with Gasteiger partial charge in [0.15, 0.2) is 12.2 Å². The summed E-state index contributed by atoms with van der Waals surface area (Å²) in [6.45, 7) is 1.04. The average Bonchev–Trinajstić information content (AvgIpc) is 2.80. The third kappa shape index (κ3) is 12.1. The van der Waals surface area contributed by atoms with E-state index >= 15 is 0 Å². The van der Waals surface area contributed by atoms with Crippen LogP contribution in [-0.2, 0) is 9.59 Å². The van der Waals surface area contributed by atoms with Crippen molar-refractivity contribution in [3.63, 3.8) is 0 Å². The lowest BCUT2D eigenvalue weighted by atomic mass is 10.1. The van der Waals surface area contributed by atoms with E-state index in [1.807, 2.05) is 0 Å². The van der Waals surface area contributed by atoms with Gasteiger partial charge in [0.05, 0.1) is 12.2 Å². The molecule has 0 fully saturated rings. The number of carboxylic acids is 2. The van der Waals surface area contributed by atoms with E-state index < -0.39 is 36.4 Å². The van der Waals surface area contributed by atoms with Gasteiger partial charge < -0.3 is 51.5 Å². The van der Waals surface area contributed by atoms with Crippen molar-refractivity contribution < 1.29 is 50.4 Å². The minimum absolute atomic E-state index is 0.218. The zero-order chi connectivity index (χ0) is 26.3. The Bertz CT molecular complexity index is 774. The summed E-state index contributed by atoms with van der Waals surface area (Å²) in [5.41, 5.74) is 1.62. The minimum atomic E-state index is -2.27. The predicted molar refractivity (Wildman–Crippen MR) is 121 cm³/mol. The van der Waals surface area contributed by atoms with Gasteiger partial charge in [-0.3, -0.25) is 0 Å². The first-order chi connectivity index (χ1) is 15.9. The van der Waals surface area contributed by atoms with E-state index in [-0.39, 0.29) is 11.5 Å². The van der Waals surface area contributed by atoms with Crippen LogP contribution < -0.4 is 10.6 Å². The van der Waals surface area contributed by atoms with Crippen LogP contribution in [0.2, 0.25) is 0 Å². The van der Waals surface area contributed by atoms with Crippen LogP contribution in [-0.4, -0.2) is 92.2 Å². The lowest BCUT2D eigenvalue weighted by Gasteiger charge is -2.09. The van der Waals surface area contributed by atoms with Gasteiger partial charge in [-0.15, -0.1) is 0 Å². The average molecular weight is 485 g/mol.